The molecule has 0 saturated carbocycles. The number of ether oxygens (including phenoxy) is 1. The van der Waals surface area contributed by atoms with Crippen LogP contribution < -0.4 is 10.5 Å². The van der Waals surface area contributed by atoms with Gasteiger partial charge >= 0.3 is 5.97 Å². The smallest absolute Gasteiger partial charge is 0.311 e. The zero-order valence-electron chi connectivity index (χ0n) is 10.1. The number of hydrogen-bond acceptors (Lipinski definition) is 4. The number of aliphatic carboxylic acids is 1. The predicted octanol–water partition coefficient (Wildman–Crippen LogP) is 1.07. The highest BCUT2D eigenvalue weighted by Gasteiger charge is 2.36. The normalized spacial score (nSPS) is 14.1. The van der Waals surface area contributed by atoms with Crippen molar-refractivity contribution < 1.29 is 14.6 Å². The van der Waals surface area contributed by atoms with E-state index in [0.29, 0.717) is 18.7 Å². The van der Waals surface area contributed by atoms with E-state index in [1.165, 1.54) is 7.11 Å². The van der Waals surface area contributed by atoms with Crippen LogP contribution in [0.25, 0.3) is 0 Å². The van der Waals surface area contributed by atoms with E-state index < -0.39 is 11.4 Å². The highest BCUT2D eigenvalue weighted by Crippen LogP contribution is 2.29. The van der Waals surface area contributed by atoms with Crippen LogP contribution >= 0.6 is 0 Å². The molecule has 0 saturated heterocycles. The van der Waals surface area contributed by atoms with Gasteiger partial charge in [0.15, 0.2) is 0 Å². The van der Waals surface area contributed by atoms with Gasteiger partial charge in [-0.15, -0.1) is 0 Å². The maximum Gasteiger partial charge on any atom is 0.311 e. The second-order valence-electron chi connectivity index (χ2n) is 3.99. The molecule has 5 nitrogen and oxygen atoms in total. The SMILES string of the molecule is CCC(CN)(Cc1cccnc1OC)C(=O)O. The molecule has 0 bridgehead atoms. The van der Waals surface area contributed by atoms with Crippen LogP contribution in [0.1, 0.15) is 18.9 Å². The monoisotopic (exact) mass is 238 g/mol. The van der Waals surface area contributed by atoms with E-state index in [1.807, 2.05) is 13.0 Å². The van der Waals surface area contributed by atoms with Crippen LogP contribution in [0.2, 0.25) is 0 Å². The fraction of sp³-hybridized carbons (Fsp3) is 0.500. The third-order valence-electron chi connectivity index (χ3n) is 3.09. The molecule has 0 aromatic carbocycles. The topological polar surface area (TPSA) is 85.4 Å². The summed E-state index contributed by atoms with van der Waals surface area (Å²) in [6, 6.07) is 3.57. The van der Waals surface area contributed by atoms with Gasteiger partial charge in [0.1, 0.15) is 0 Å². The first kappa shape index (κ1) is 13.4. The van der Waals surface area contributed by atoms with Crippen molar-refractivity contribution in [2.24, 2.45) is 11.1 Å². The predicted molar refractivity (Wildman–Crippen MR) is 63.9 cm³/mol. The zero-order valence-corrected chi connectivity index (χ0v) is 10.1. The molecule has 0 aliphatic heterocycles. The fourth-order valence-corrected chi connectivity index (χ4v) is 1.76. The van der Waals surface area contributed by atoms with Gasteiger partial charge < -0.3 is 15.6 Å². The number of carbonyl (C=O) groups is 1. The van der Waals surface area contributed by atoms with Gasteiger partial charge in [0.25, 0.3) is 0 Å². The van der Waals surface area contributed by atoms with Crippen molar-refractivity contribution in [1.82, 2.24) is 4.98 Å². The molecular weight excluding hydrogens is 220 g/mol. The van der Waals surface area contributed by atoms with E-state index in [9.17, 15) is 9.90 Å². The number of rotatable bonds is 6. The fourth-order valence-electron chi connectivity index (χ4n) is 1.76. The standard InChI is InChI=1S/C12H18N2O3/c1-3-12(8-13,11(15)16)7-9-5-4-6-14-10(9)17-2/h4-6H,3,7-8,13H2,1-2H3,(H,15,16). The van der Waals surface area contributed by atoms with Crippen LogP contribution in [0.3, 0.4) is 0 Å². The van der Waals surface area contributed by atoms with Crippen LogP contribution in [0.4, 0.5) is 0 Å². The van der Waals surface area contributed by atoms with Crippen LogP contribution in [0, 0.1) is 5.41 Å². The first-order chi connectivity index (χ1) is 8.09. The third-order valence-corrected chi connectivity index (χ3v) is 3.09. The van der Waals surface area contributed by atoms with Gasteiger partial charge in [-0.3, -0.25) is 4.79 Å². The van der Waals surface area contributed by atoms with E-state index in [2.05, 4.69) is 4.98 Å². The summed E-state index contributed by atoms with van der Waals surface area (Å²) in [5.41, 5.74) is 5.44. The number of pyridine rings is 1. The van der Waals surface area contributed by atoms with E-state index >= 15 is 0 Å². The molecule has 1 atom stereocenters. The van der Waals surface area contributed by atoms with E-state index in [-0.39, 0.29) is 6.54 Å². The molecule has 17 heavy (non-hydrogen) atoms. The molecule has 0 aliphatic rings. The Morgan fingerprint density at radius 2 is 2.35 bits per heavy atom. The molecule has 1 aromatic rings. The van der Waals surface area contributed by atoms with Crippen molar-refractivity contribution in [1.29, 1.82) is 0 Å². The molecule has 94 valence electrons. The van der Waals surface area contributed by atoms with Gasteiger partial charge in [-0.05, 0) is 18.9 Å². The summed E-state index contributed by atoms with van der Waals surface area (Å²) in [5.74, 6) is -0.423. The van der Waals surface area contributed by atoms with E-state index in [1.54, 1.807) is 12.3 Å². The first-order valence-electron chi connectivity index (χ1n) is 5.51. The lowest BCUT2D eigenvalue weighted by Crippen LogP contribution is -2.40. The number of methoxy groups -OCH3 is 1. The minimum Gasteiger partial charge on any atom is -0.481 e. The summed E-state index contributed by atoms with van der Waals surface area (Å²) in [5, 5.41) is 9.31. The van der Waals surface area contributed by atoms with Crippen LogP contribution in [0.15, 0.2) is 18.3 Å². The lowest BCUT2D eigenvalue weighted by molar-refractivity contribution is -0.148. The van der Waals surface area contributed by atoms with E-state index in [4.69, 9.17) is 10.5 Å². The summed E-state index contributed by atoms with van der Waals surface area (Å²) in [6.07, 6.45) is 2.41. The van der Waals surface area contributed by atoms with Gasteiger partial charge in [0, 0.05) is 18.3 Å². The molecule has 0 radical (unpaired) electrons. The molecule has 0 aliphatic carbocycles. The number of hydrogen-bond donors (Lipinski definition) is 2. The van der Waals surface area contributed by atoms with Crippen molar-refractivity contribution >= 4 is 5.97 Å². The van der Waals surface area contributed by atoms with Gasteiger partial charge in [-0.2, -0.15) is 0 Å². The Morgan fingerprint density at radius 1 is 1.65 bits per heavy atom. The zero-order chi connectivity index (χ0) is 12.9. The molecule has 1 heterocycles. The number of carboxylic acids is 1. The maximum absolute atomic E-state index is 11.3. The molecule has 0 fully saturated rings. The first-order valence-corrected chi connectivity index (χ1v) is 5.51. The number of carboxylic acid groups (broad SMARTS) is 1. The second kappa shape index (κ2) is 5.63. The van der Waals surface area contributed by atoms with Crippen molar-refractivity contribution in [3.63, 3.8) is 0 Å². The summed E-state index contributed by atoms with van der Waals surface area (Å²) in [6.45, 7) is 1.92. The van der Waals surface area contributed by atoms with Crippen LogP contribution in [0.5, 0.6) is 5.88 Å². The van der Waals surface area contributed by atoms with Crippen molar-refractivity contribution in [3.05, 3.63) is 23.9 Å². The van der Waals surface area contributed by atoms with Crippen molar-refractivity contribution in [2.75, 3.05) is 13.7 Å². The molecule has 1 aromatic heterocycles. The van der Waals surface area contributed by atoms with Crippen molar-refractivity contribution in [3.8, 4) is 5.88 Å². The Labute approximate surface area is 101 Å². The van der Waals surface area contributed by atoms with Gasteiger partial charge in [0.2, 0.25) is 5.88 Å². The average molecular weight is 238 g/mol. The lowest BCUT2D eigenvalue weighted by Gasteiger charge is -2.26. The van der Waals surface area contributed by atoms with E-state index in [0.717, 1.165) is 5.56 Å². The number of aromatic nitrogens is 1. The molecule has 0 amide bonds. The van der Waals surface area contributed by atoms with Crippen LogP contribution in [-0.2, 0) is 11.2 Å². The quantitative estimate of drug-likeness (QED) is 0.774. The summed E-state index contributed by atoms with van der Waals surface area (Å²) < 4.78 is 5.12. The number of nitrogens with two attached hydrogens (primary N) is 1. The second-order valence-corrected chi connectivity index (χ2v) is 3.99. The van der Waals surface area contributed by atoms with Gasteiger partial charge in [0.05, 0.1) is 12.5 Å². The van der Waals surface area contributed by atoms with Crippen molar-refractivity contribution in [2.45, 2.75) is 19.8 Å². The number of nitrogens with zero attached hydrogens (tertiary/aromatic N) is 1. The Kier molecular flexibility index (Phi) is 4.45. The summed E-state index contributed by atoms with van der Waals surface area (Å²) in [7, 11) is 1.52. The molecule has 3 N–H and O–H groups in total. The molecule has 1 unspecified atom stereocenters. The average Bonchev–Trinajstić information content (AvgIpc) is 2.36. The van der Waals surface area contributed by atoms with Gasteiger partial charge in [-0.1, -0.05) is 13.0 Å². The summed E-state index contributed by atoms with van der Waals surface area (Å²) >= 11 is 0. The van der Waals surface area contributed by atoms with Crippen LogP contribution in [-0.4, -0.2) is 29.7 Å². The highest BCUT2D eigenvalue weighted by atomic mass is 16.5. The Hall–Kier alpha value is -1.62. The molecular formula is C12H18N2O3. The minimum absolute atomic E-state index is 0.0941. The van der Waals surface area contributed by atoms with Gasteiger partial charge in [-0.25, -0.2) is 4.98 Å². The lowest BCUT2D eigenvalue weighted by atomic mass is 9.79. The molecule has 1 rings (SSSR count). The Balaban J connectivity index is 3.05. The third kappa shape index (κ3) is 2.74. The maximum atomic E-state index is 11.3. The molecule has 0 spiro atoms. The molecule has 5 heteroatoms. The minimum atomic E-state index is -0.948. The largest absolute Gasteiger partial charge is 0.481 e. The Morgan fingerprint density at radius 3 is 2.82 bits per heavy atom. The Bertz CT molecular complexity index is 389. The summed E-state index contributed by atoms with van der Waals surface area (Å²) in [4.78, 5) is 15.4. The highest BCUT2D eigenvalue weighted by molar-refractivity contribution is 5.75.